The van der Waals surface area contributed by atoms with Gasteiger partial charge in [-0.25, -0.2) is 4.79 Å². The highest BCUT2D eigenvalue weighted by Crippen LogP contribution is 2.14. The van der Waals surface area contributed by atoms with Crippen molar-refractivity contribution in [2.45, 2.75) is 6.42 Å². The molecule has 2 amide bonds. The average molecular weight is 325 g/mol. The molecule has 0 radical (unpaired) electrons. The Kier molecular flexibility index (Phi) is 4.78. The van der Waals surface area contributed by atoms with Gasteiger partial charge in [-0.1, -0.05) is 28.1 Å². The molecule has 2 N–H and O–H groups in total. The van der Waals surface area contributed by atoms with Gasteiger partial charge in [-0.05, 0) is 41.6 Å². The molecule has 0 saturated carbocycles. The predicted octanol–water partition coefficient (Wildman–Crippen LogP) is 3.87. The van der Waals surface area contributed by atoms with Gasteiger partial charge in [-0.2, -0.15) is 0 Å². The molecule has 0 unspecified atom stereocenters. The number of rotatable bonds is 4. The number of anilines is 1. The van der Waals surface area contributed by atoms with Crippen LogP contribution in [-0.4, -0.2) is 12.6 Å². The Balaban J connectivity index is 1.73. The second kappa shape index (κ2) is 6.56. The molecule has 18 heavy (non-hydrogen) atoms. The number of thiophene rings is 1. The molecular weight excluding hydrogens is 312 g/mol. The van der Waals surface area contributed by atoms with Crippen LogP contribution in [0.5, 0.6) is 0 Å². The lowest BCUT2D eigenvalue weighted by molar-refractivity contribution is 0.252. The van der Waals surface area contributed by atoms with Crippen molar-refractivity contribution in [1.82, 2.24) is 5.32 Å². The topological polar surface area (TPSA) is 41.1 Å². The Morgan fingerprint density at radius 3 is 2.89 bits per heavy atom. The van der Waals surface area contributed by atoms with E-state index in [0.717, 1.165) is 15.9 Å². The van der Waals surface area contributed by atoms with Gasteiger partial charge in [0, 0.05) is 11.0 Å². The van der Waals surface area contributed by atoms with Crippen LogP contribution >= 0.6 is 27.3 Å². The van der Waals surface area contributed by atoms with E-state index in [1.807, 2.05) is 35.7 Å². The minimum absolute atomic E-state index is 0.160. The number of benzene rings is 1. The Hall–Kier alpha value is -1.33. The normalized spacial score (nSPS) is 10.1. The van der Waals surface area contributed by atoms with Crippen LogP contribution in [0.15, 0.2) is 46.3 Å². The van der Waals surface area contributed by atoms with E-state index in [-0.39, 0.29) is 6.03 Å². The Morgan fingerprint density at radius 2 is 2.17 bits per heavy atom. The molecule has 94 valence electrons. The van der Waals surface area contributed by atoms with Gasteiger partial charge >= 0.3 is 6.03 Å². The van der Waals surface area contributed by atoms with Crippen molar-refractivity contribution in [3.05, 3.63) is 51.8 Å². The number of hydrogen-bond donors (Lipinski definition) is 2. The second-order valence-electron chi connectivity index (χ2n) is 3.74. The number of amides is 2. The number of urea groups is 1. The van der Waals surface area contributed by atoms with Crippen LogP contribution in [0.1, 0.15) is 5.56 Å². The lowest BCUT2D eigenvalue weighted by Gasteiger charge is -2.06. The molecule has 0 bridgehead atoms. The quantitative estimate of drug-likeness (QED) is 0.880. The molecule has 1 aromatic carbocycles. The summed E-state index contributed by atoms with van der Waals surface area (Å²) in [6, 6.07) is 11.7. The van der Waals surface area contributed by atoms with Crippen molar-refractivity contribution in [1.29, 1.82) is 0 Å². The molecule has 0 aliphatic heterocycles. The van der Waals surface area contributed by atoms with Gasteiger partial charge in [0.1, 0.15) is 0 Å². The highest BCUT2D eigenvalue weighted by atomic mass is 79.9. The molecule has 0 saturated heterocycles. The van der Waals surface area contributed by atoms with Crippen molar-refractivity contribution in [2.24, 2.45) is 0 Å². The summed E-state index contributed by atoms with van der Waals surface area (Å²) in [4.78, 5) is 11.5. The number of nitrogens with one attached hydrogen (secondary N) is 2. The van der Waals surface area contributed by atoms with E-state index in [1.165, 1.54) is 16.9 Å². The van der Waals surface area contributed by atoms with Gasteiger partial charge in [-0.3, -0.25) is 5.32 Å². The third kappa shape index (κ3) is 4.16. The molecule has 0 atom stereocenters. The smallest absolute Gasteiger partial charge is 0.319 e. The predicted molar refractivity (Wildman–Crippen MR) is 79.2 cm³/mol. The first-order valence-corrected chi connectivity index (χ1v) is 7.24. The van der Waals surface area contributed by atoms with E-state index in [0.29, 0.717) is 6.54 Å². The van der Waals surface area contributed by atoms with Crippen LogP contribution in [0, 0.1) is 0 Å². The summed E-state index contributed by atoms with van der Waals surface area (Å²) < 4.78 is 1.06. The first kappa shape index (κ1) is 13.1. The van der Waals surface area contributed by atoms with Gasteiger partial charge in [0.15, 0.2) is 0 Å². The summed E-state index contributed by atoms with van der Waals surface area (Å²) in [5.74, 6) is 0. The first-order chi connectivity index (χ1) is 8.74. The lowest BCUT2D eigenvalue weighted by atomic mass is 10.1. The van der Waals surface area contributed by atoms with Gasteiger partial charge < -0.3 is 5.32 Å². The highest BCUT2D eigenvalue weighted by Gasteiger charge is 2.01. The molecule has 1 aromatic heterocycles. The zero-order chi connectivity index (χ0) is 12.8. The van der Waals surface area contributed by atoms with Crippen LogP contribution in [0.3, 0.4) is 0 Å². The minimum Gasteiger partial charge on any atom is -0.338 e. The number of carbonyl (C=O) groups is 1. The van der Waals surface area contributed by atoms with Crippen LogP contribution in [0.4, 0.5) is 9.80 Å². The van der Waals surface area contributed by atoms with Crippen molar-refractivity contribution < 1.29 is 4.79 Å². The summed E-state index contributed by atoms with van der Waals surface area (Å²) in [6.45, 7) is 0.619. The van der Waals surface area contributed by atoms with Gasteiger partial charge in [0.05, 0.1) is 5.00 Å². The minimum atomic E-state index is -0.160. The van der Waals surface area contributed by atoms with E-state index < -0.39 is 0 Å². The number of halogens is 1. The van der Waals surface area contributed by atoms with Crippen LogP contribution in [0.25, 0.3) is 0 Å². The number of carbonyl (C=O) groups excluding carboxylic acids is 1. The molecule has 1 heterocycles. The Bertz CT molecular complexity index is 513. The maximum absolute atomic E-state index is 11.5. The summed E-state index contributed by atoms with van der Waals surface area (Å²) in [5, 5.41) is 8.39. The molecule has 0 spiro atoms. The molecule has 2 rings (SSSR count). The van der Waals surface area contributed by atoms with Gasteiger partial charge in [0.25, 0.3) is 0 Å². The molecule has 3 nitrogen and oxygen atoms in total. The first-order valence-electron chi connectivity index (χ1n) is 5.57. The van der Waals surface area contributed by atoms with E-state index in [4.69, 9.17) is 0 Å². The standard InChI is InChI=1S/C13H13BrN2OS/c14-11-4-1-3-10(9-11)6-7-15-13(17)16-12-5-2-8-18-12/h1-5,8-9H,6-7H2,(H2,15,16,17). The molecular formula is C13H13BrN2OS. The van der Waals surface area contributed by atoms with Gasteiger partial charge in [0.2, 0.25) is 0 Å². The summed E-state index contributed by atoms with van der Waals surface area (Å²) in [5.41, 5.74) is 1.20. The summed E-state index contributed by atoms with van der Waals surface area (Å²) in [7, 11) is 0. The monoisotopic (exact) mass is 324 g/mol. The third-order valence-electron chi connectivity index (χ3n) is 2.35. The van der Waals surface area contributed by atoms with Crippen LogP contribution in [-0.2, 0) is 6.42 Å². The fraction of sp³-hybridized carbons (Fsp3) is 0.154. The molecule has 5 heteroatoms. The lowest BCUT2D eigenvalue weighted by Crippen LogP contribution is -2.30. The average Bonchev–Trinajstić information content (AvgIpc) is 2.82. The Morgan fingerprint density at radius 1 is 1.28 bits per heavy atom. The van der Waals surface area contributed by atoms with Crippen molar-refractivity contribution in [2.75, 3.05) is 11.9 Å². The maximum atomic E-state index is 11.5. The molecule has 0 aliphatic rings. The number of hydrogen-bond acceptors (Lipinski definition) is 2. The second-order valence-corrected chi connectivity index (χ2v) is 5.60. The Labute approximate surface area is 118 Å². The molecule has 0 aliphatic carbocycles. The van der Waals surface area contributed by atoms with E-state index in [9.17, 15) is 4.79 Å². The largest absolute Gasteiger partial charge is 0.338 e. The van der Waals surface area contributed by atoms with Crippen molar-refractivity contribution in [3.8, 4) is 0 Å². The molecule has 2 aromatic rings. The summed E-state index contributed by atoms with van der Waals surface area (Å²) >= 11 is 4.93. The van der Waals surface area contributed by atoms with E-state index >= 15 is 0 Å². The van der Waals surface area contributed by atoms with Crippen molar-refractivity contribution in [3.63, 3.8) is 0 Å². The fourth-order valence-corrected chi connectivity index (χ4v) is 2.58. The fourth-order valence-electron chi connectivity index (χ4n) is 1.52. The zero-order valence-corrected chi connectivity index (χ0v) is 12.1. The molecule has 0 fully saturated rings. The van der Waals surface area contributed by atoms with E-state index in [1.54, 1.807) is 0 Å². The van der Waals surface area contributed by atoms with Crippen molar-refractivity contribution >= 4 is 38.3 Å². The van der Waals surface area contributed by atoms with Crippen LogP contribution in [0.2, 0.25) is 0 Å². The SMILES string of the molecule is O=C(NCCc1cccc(Br)c1)Nc1cccs1. The van der Waals surface area contributed by atoms with Crippen LogP contribution < -0.4 is 10.6 Å². The third-order valence-corrected chi connectivity index (χ3v) is 3.62. The van der Waals surface area contributed by atoms with E-state index in [2.05, 4.69) is 32.6 Å². The van der Waals surface area contributed by atoms with Gasteiger partial charge in [-0.15, -0.1) is 11.3 Å². The summed E-state index contributed by atoms with van der Waals surface area (Å²) in [6.07, 6.45) is 0.817. The zero-order valence-electron chi connectivity index (χ0n) is 9.65. The maximum Gasteiger partial charge on any atom is 0.319 e. The highest BCUT2D eigenvalue weighted by molar-refractivity contribution is 9.10.